The molecule has 1 aliphatic rings. The molecule has 5 atom stereocenters. The van der Waals surface area contributed by atoms with Gasteiger partial charge in [-0.1, -0.05) is 13.3 Å². The topological polar surface area (TPSA) is 67.9 Å². The van der Waals surface area contributed by atoms with E-state index in [2.05, 4.69) is 52.8 Å². The lowest BCUT2D eigenvalue weighted by molar-refractivity contribution is 0.0153. The SMILES string of the molecule is CCC(CCOCC(C)O[Si](C)(O[SiH](C)O[Si](C)(C)C)O[Si](C)(C)C)COCC1CO1. The highest BCUT2D eigenvalue weighted by atomic mass is 28.5. The molecule has 0 bridgehead atoms. The first-order valence-electron chi connectivity index (χ1n) is 11.7. The molecular formula is C20H48O7Si4. The molecule has 0 aromatic rings. The van der Waals surface area contributed by atoms with Crippen molar-refractivity contribution in [3.63, 3.8) is 0 Å². The maximum atomic E-state index is 6.43. The molecule has 0 saturated carbocycles. The van der Waals surface area contributed by atoms with Gasteiger partial charge in [-0.05, 0) is 65.1 Å². The molecule has 1 rings (SSSR count). The quantitative estimate of drug-likeness (QED) is 0.153. The number of ether oxygens (including phenoxy) is 3. The lowest BCUT2D eigenvalue weighted by Gasteiger charge is -2.37. The van der Waals surface area contributed by atoms with Crippen LogP contribution in [0.25, 0.3) is 0 Å². The highest BCUT2D eigenvalue weighted by Gasteiger charge is 2.43. The lowest BCUT2D eigenvalue weighted by Crippen LogP contribution is -2.55. The minimum Gasteiger partial charge on any atom is -0.439 e. The normalized spacial score (nSPS) is 22.1. The first-order chi connectivity index (χ1) is 14.2. The summed E-state index contributed by atoms with van der Waals surface area (Å²) in [6.45, 7) is 24.9. The predicted octanol–water partition coefficient (Wildman–Crippen LogP) is 4.38. The molecule has 1 saturated heterocycles. The molecule has 0 aromatic heterocycles. The van der Waals surface area contributed by atoms with Gasteiger partial charge in [0.1, 0.15) is 6.10 Å². The number of epoxide rings is 1. The summed E-state index contributed by atoms with van der Waals surface area (Å²) in [5, 5.41) is 0. The van der Waals surface area contributed by atoms with E-state index in [1.807, 2.05) is 13.5 Å². The van der Waals surface area contributed by atoms with Crippen LogP contribution in [0.15, 0.2) is 0 Å². The fourth-order valence-corrected chi connectivity index (χ4v) is 16.6. The van der Waals surface area contributed by atoms with Crippen LogP contribution in [0.5, 0.6) is 0 Å². The highest BCUT2D eigenvalue weighted by molar-refractivity contribution is 6.83. The molecule has 0 amide bonds. The zero-order chi connectivity index (χ0) is 23.7. The Morgan fingerprint density at radius 1 is 0.968 bits per heavy atom. The van der Waals surface area contributed by atoms with E-state index >= 15 is 0 Å². The molecule has 0 radical (unpaired) electrons. The van der Waals surface area contributed by atoms with Crippen LogP contribution in [0.4, 0.5) is 0 Å². The van der Waals surface area contributed by atoms with E-state index in [0.29, 0.717) is 31.8 Å². The fraction of sp³-hybridized carbons (Fsp3) is 1.00. The van der Waals surface area contributed by atoms with Gasteiger partial charge in [-0.3, -0.25) is 0 Å². The minimum atomic E-state index is -2.81. The summed E-state index contributed by atoms with van der Waals surface area (Å²) in [7, 11) is -8.14. The Balaban J connectivity index is 2.43. The van der Waals surface area contributed by atoms with Gasteiger partial charge in [0.05, 0.1) is 25.9 Å². The Kier molecular flexibility index (Phi) is 12.9. The molecule has 0 aliphatic carbocycles. The number of rotatable bonds is 18. The number of hydrogen-bond donors (Lipinski definition) is 0. The van der Waals surface area contributed by atoms with Gasteiger partial charge in [-0.2, -0.15) is 0 Å². The van der Waals surface area contributed by atoms with Crippen LogP contribution in [-0.2, 0) is 31.0 Å². The minimum absolute atomic E-state index is 0.0931. The van der Waals surface area contributed by atoms with Crippen LogP contribution in [0.1, 0.15) is 26.7 Å². The van der Waals surface area contributed by atoms with Gasteiger partial charge in [0.15, 0.2) is 16.6 Å². The van der Waals surface area contributed by atoms with Gasteiger partial charge < -0.3 is 31.0 Å². The molecule has 0 spiro atoms. The van der Waals surface area contributed by atoms with Crippen molar-refractivity contribution in [2.75, 3.05) is 33.0 Å². The summed E-state index contributed by atoms with van der Waals surface area (Å²) >= 11 is 0. The second kappa shape index (κ2) is 13.5. The predicted molar refractivity (Wildman–Crippen MR) is 135 cm³/mol. The molecule has 1 aliphatic heterocycles. The molecule has 7 nitrogen and oxygen atoms in total. The van der Waals surface area contributed by atoms with Crippen molar-refractivity contribution >= 4 is 34.7 Å². The van der Waals surface area contributed by atoms with Crippen molar-refractivity contribution in [1.29, 1.82) is 0 Å². The maximum Gasteiger partial charge on any atom is 0.478 e. The molecular weight excluding hydrogens is 465 g/mol. The Morgan fingerprint density at radius 3 is 2.13 bits per heavy atom. The summed E-state index contributed by atoms with van der Waals surface area (Å²) in [6, 6.07) is 0. The van der Waals surface area contributed by atoms with Gasteiger partial charge in [-0.15, -0.1) is 0 Å². The van der Waals surface area contributed by atoms with Crippen molar-refractivity contribution in [1.82, 2.24) is 0 Å². The van der Waals surface area contributed by atoms with Crippen LogP contribution < -0.4 is 0 Å². The average molecular weight is 513 g/mol. The summed E-state index contributed by atoms with van der Waals surface area (Å²) in [4.78, 5) is 0. The van der Waals surface area contributed by atoms with Crippen molar-refractivity contribution in [3.05, 3.63) is 0 Å². The zero-order valence-electron chi connectivity index (χ0n) is 21.6. The Bertz CT molecular complexity index is 497. The summed E-state index contributed by atoms with van der Waals surface area (Å²) < 4.78 is 42.3. The molecule has 0 aromatic carbocycles. The molecule has 186 valence electrons. The van der Waals surface area contributed by atoms with Gasteiger partial charge in [0.2, 0.25) is 0 Å². The molecule has 0 N–H and O–H groups in total. The molecule has 11 heteroatoms. The van der Waals surface area contributed by atoms with Gasteiger partial charge in [0.25, 0.3) is 0 Å². The van der Waals surface area contributed by atoms with Crippen LogP contribution in [0, 0.1) is 5.92 Å². The van der Waals surface area contributed by atoms with Gasteiger partial charge in [0, 0.05) is 19.8 Å². The van der Waals surface area contributed by atoms with E-state index in [0.717, 1.165) is 26.1 Å². The van der Waals surface area contributed by atoms with Crippen LogP contribution in [-0.4, -0.2) is 80.0 Å². The third-order valence-electron chi connectivity index (χ3n) is 4.47. The van der Waals surface area contributed by atoms with Crippen molar-refractivity contribution in [2.45, 2.75) is 91.3 Å². The largest absolute Gasteiger partial charge is 0.478 e. The third kappa shape index (κ3) is 16.0. The van der Waals surface area contributed by atoms with Crippen molar-refractivity contribution in [2.24, 2.45) is 5.92 Å². The summed E-state index contributed by atoms with van der Waals surface area (Å²) in [6.07, 6.45) is 2.31. The van der Waals surface area contributed by atoms with E-state index in [9.17, 15) is 0 Å². The molecule has 1 fully saturated rings. The standard InChI is InChI=1S/C20H48O7Si4/c1-11-19(15-22-16-20-17-23-20)12-13-21-14-18(2)24-31(10,27-30(7,8)9)26-28(3)25-29(4,5)6/h18-20,28H,11-17H2,1-10H3. The lowest BCUT2D eigenvalue weighted by atomic mass is 10.0. The van der Waals surface area contributed by atoms with Crippen LogP contribution >= 0.6 is 0 Å². The summed E-state index contributed by atoms with van der Waals surface area (Å²) in [5.74, 6) is 0.513. The monoisotopic (exact) mass is 512 g/mol. The molecule has 31 heavy (non-hydrogen) atoms. The van der Waals surface area contributed by atoms with E-state index < -0.39 is 34.7 Å². The smallest absolute Gasteiger partial charge is 0.439 e. The summed E-state index contributed by atoms with van der Waals surface area (Å²) in [5.41, 5.74) is 0. The van der Waals surface area contributed by atoms with Crippen LogP contribution in [0.2, 0.25) is 52.4 Å². The fourth-order valence-electron chi connectivity index (χ4n) is 3.29. The van der Waals surface area contributed by atoms with E-state index in [1.54, 1.807) is 0 Å². The highest BCUT2D eigenvalue weighted by Crippen LogP contribution is 2.21. The third-order valence-corrected chi connectivity index (χ3v) is 16.4. The van der Waals surface area contributed by atoms with Crippen molar-refractivity contribution < 1.29 is 31.0 Å². The Labute approximate surface area is 195 Å². The Hall–Kier alpha value is 0.588. The molecule has 1 heterocycles. The van der Waals surface area contributed by atoms with E-state index in [1.165, 1.54) is 0 Å². The second-order valence-electron chi connectivity index (χ2n) is 10.6. The first-order valence-corrected chi connectivity index (χ1v) is 22.9. The van der Waals surface area contributed by atoms with Crippen molar-refractivity contribution in [3.8, 4) is 0 Å². The van der Waals surface area contributed by atoms with E-state index in [4.69, 9.17) is 31.0 Å². The Morgan fingerprint density at radius 2 is 1.61 bits per heavy atom. The zero-order valence-corrected chi connectivity index (χ0v) is 25.8. The van der Waals surface area contributed by atoms with E-state index in [-0.39, 0.29) is 6.10 Å². The first kappa shape index (κ1) is 29.6. The maximum absolute atomic E-state index is 6.43. The van der Waals surface area contributed by atoms with Crippen LogP contribution in [0.3, 0.4) is 0 Å². The second-order valence-corrected chi connectivity index (χ2v) is 24.8. The van der Waals surface area contributed by atoms with Gasteiger partial charge >= 0.3 is 18.1 Å². The number of hydrogen-bond acceptors (Lipinski definition) is 7. The molecule has 5 unspecified atom stereocenters. The average Bonchev–Trinajstić information content (AvgIpc) is 3.36. The van der Waals surface area contributed by atoms with Gasteiger partial charge in [-0.25, -0.2) is 0 Å².